The molecule has 1 aliphatic rings. The summed E-state index contributed by atoms with van der Waals surface area (Å²) in [6.07, 6.45) is 0. The molecule has 0 unspecified atom stereocenters. The summed E-state index contributed by atoms with van der Waals surface area (Å²) in [5, 5.41) is 13.1. The van der Waals surface area contributed by atoms with E-state index in [2.05, 4.69) is 36.4 Å². The molecule has 1 atom stereocenters. The van der Waals surface area contributed by atoms with Crippen molar-refractivity contribution in [2.75, 3.05) is 0 Å². The smallest absolute Gasteiger partial charge is 0.205 e. The maximum Gasteiger partial charge on any atom is 0.205 e. The highest BCUT2D eigenvalue weighted by atomic mass is 32.1. The van der Waals surface area contributed by atoms with E-state index in [0.717, 1.165) is 37.0 Å². The molecule has 3 nitrogen and oxygen atoms in total. The van der Waals surface area contributed by atoms with Gasteiger partial charge in [0.1, 0.15) is 11.6 Å². The van der Waals surface area contributed by atoms with Gasteiger partial charge in [-0.15, -0.1) is 11.3 Å². The second kappa shape index (κ2) is 5.62. The van der Waals surface area contributed by atoms with Crippen molar-refractivity contribution in [2.45, 2.75) is 5.92 Å². The van der Waals surface area contributed by atoms with Crippen LogP contribution in [-0.4, -0.2) is 0 Å². The summed E-state index contributed by atoms with van der Waals surface area (Å²) in [5.74, 6) is 0.758. The molecule has 0 saturated carbocycles. The lowest BCUT2D eigenvalue weighted by Gasteiger charge is -2.24. The van der Waals surface area contributed by atoms with E-state index in [1.807, 2.05) is 36.4 Å². The van der Waals surface area contributed by atoms with E-state index in [4.69, 9.17) is 10.5 Å². The number of fused-ring (bicyclic) bond motifs is 4. The first-order chi connectivity index (χ1) is 12.8. The van der Waals surface area contributed by atoms with Gasteiger partial charge in [0.25, 0.3) is 0 Å². The van der Waals surface area contributed by atoms with Gasteiger partial charge in [0.2, 0.25) is 5.88 Å². The van der Waals surface area contributed by atoms with Crippen molar-refractivity contribution in [3.05, 3.63) is 88.6 Å². The number of nitrogens with zero attached hydrogens (tertiary/aromatic N) is 1. The monoisotopic (exact) mass is 354 g/mol. The van der Waals surface area contributed by atoms with Crippen molar-refractivity contribution in [2.24, 2.45) is 5.73 Å². The van der Waals surface area contributed by atoms with Crippen LogP contribution in [0.3, 0.4) is 0 Å². The maximum atomic E-state index is 9.80. The van der Waals surface area contributed by atoms with Gasteiger partial charge >= 0.3 is 0 Å². The van der Waals surface area contributed by atoms with E-state index in [1.54, 1.807) is 11.3 Å². The molecule has 0 saturated heterocycles. The zero-order chi connectivity index (χ0) is 17.7. The number of thiophene rings is 1. The first kappa shape index (κ1) is 15.0. The minimum atomic E-state index is -0.216. The molecule has 0 aliphatic carbocycles. The van der Waals surface area contributed by atoms with Gasteiger partial charge in [-0.2, -0.15) is 5.26 Å². The van der Waals surface area contributed by atoms with Gasteiger partial charge in [-0.25, -0.2) is 0 Å². The fourth-order valence-corrected chi connectivity index (χ4v) is 4.95. The van der Waals surface area contributed by atoms with Crippen LogP contribution in [0.25, 0.3) is 20.9 Å². The van der Waals surface area contributed by atoms with Crippen molar-refractivity contribution in [3.63, 3.8) is 0 Å². The molecule has 0 amide bonds. The first-order valence-corrected chi connectivity index (χ1v) is 9.16. The number of nitriles is 1. The Bertz CT molecular complexity index is 1240. The van der Waals surface area contributed by atoms with Crippen LogP contribution >= 0.6 is 11.3 Å². The SMILES string of the molecule is N#CC1=C(N)Oc2c(sc3ccccc23)[C@H]1c1cccc2ccccc12. The number of hydrogen-bond donors (Lipinski definition) is 1. The van der Waals surface area contributed by atoms with Crippen molar-refractivity contribution < 1.29 is 4.74 Å². The zero-order valence-corrected chi connectivity index (χ0v) is 14.6. The van der Waals surface area contributed by atoms with E-state index in [-0.39, 0.29) is 11.8 Å². The van der Waals surface area contributed by atoms with Gasteiger partial charge in [-0.05, 0) is 28.5 Å². The van der Waals surface area contributed by atoms with Crippen LogP contribution in [-0.2, 0) is 0 Å². The highest BCUT2D eigenvalue weighted by Crippen LogP contribution is 2.51. The Morgan fingerprint density at radius 2 is 1.65 bits per heavy atom. The van der Waals surface area contributed by atoms with Crippen LogP contribution in [0.15, 0.2) is 78.2 Å². The Balaban J connectivity index is 1.86. The number of ether oxygens (including phenoxy) is 1. The Kier molecular flexibility index (Phi) is 3.24. The summed E-state index contributed by atoms with van der Waals surface area (Å²) in [7, 11) is 0. The highest BCUT2D eigenvalue weighted by Gasteiger charge is 2.34. The molecule has 124 valence electrons. The average molecular weight is 354 g/mol. The molecule has 0 spiro atoms. The van der Waals surface area contributed by atoms with E-state index in [9.17, 15) is 5.26 Å². The molecule has 1 aromatic heterocycles. The third-order valence-corrected chi connectivity index (χ3v) is 6.08. The number of nitrogens with two attached hydrogens (primary N) is 1. The molecule has 0 bridgehead atoms. The summed E-state index contributed by atoms with van der Waals surface area (Å²) in [4.78, 5) is 1.04. The molecule has 5 rings (SSSR count). The Hall–Kier alpha value is -3.29. The summed E-state index contributed by atoms with van der Waals surface area (Å²) in [5.41, 5.74) is 7.72. The second-order valence-electron chi connectivity index (χ2n) is 6.28. The van der Waals surface area contributed by atoms with Crippen molar-refractivity contribution >= 4 is 32.2 Å². The molecule has 3 aromatic carbocycles. The second-order valence-corrected chi connectivity index (χ2v) is 7.37. The maximum absolute atomic E-state index is 9.80. The molecule has 26 heavy (non-hydrogen) atoms. The van der Waals surface area contributed by atoms with Crippen molar-refractivity contribution in [3.8, 4) is 11.8 Å². The van der Waals surface area contributed by atoms with Gasteiger partial charge in [0, 0.05) is 10.1 Å². The highest BCUT2D eigenvalue weighted by molar-refractivity contribution is 7.19. The minimum absolute atomic E-state index is 0.196. The lowest BCUT2D eigenvalue weighted by Crippen LogP contribution is -2.19. The van der Waals surface area contributed by atoms with Crippen molar-refractivity contribution in [1.82, 2.24) is 0 Å². The zero-order valence-electron chi connectivity index (χ0n) is 13.8. The van der Waals surface area contributed by atoms with Crippen LogP contribution < -0.4 is 10.5 Å². The Morgan fingerprint density at radius 3 is 2.50 bits per heavy atom. The predicted octanol–water partition coefficient (Wildman–Crippen LogP) is 5.27. The van der Waals surface area contributed by atoms with E-state index in [0.29, 0.717) is 5.57 Å². The molecular weight excluding hydrogens is 340 g/mol. The van der Waals surface area contributed by atoms with Crippen LogP contribution in [0.1, 0.15) is 16.4 Å². The van der Waals surface area contributed by atoms with Gasteiger partial charge in [-0.1, -0.05) is 54.6 Å². The van der Waals surface area contributed by atoms with Crippen LogP contribution in [0.5, 0.6) is 5.75 Å². The average Bonchev–Trinajstić information content (AvgIpc) is 3.05. The lowest BCUT2D eigenvalue weighted by atomic mass is 9.85. The standard InChI is InChI=1S/C22H14N2OS/c23-12-17-19(15-10-5-7-13-6-1-2-8-14(13)15)21-20(25-22(17)24)16-9-3-4-11-18(16)26-21/h1-11,19H,24H2/t19-/m0/s1. The Labute approximate surface area is 154 Å². The first-order valence-electron chi connectivity index (χ1n) is 8.34. The van der Waals surface area contributed by atoms with E-state index >= 15 is 0 Å². The predicted molar refractivity (Wildman–Crippen MR) is 105 cm³/mol. The molecule has 0 fully saturated rings. The van der Waals surface area contributed by atoms with Crippen molar-refractivity contribution in [1.29, 1.82) is 5.26 Å². The van der Waals surface area contributed by atoms with E-state index < -0.39 is 0 Å². The van der Waals surface area contributed by atoms with Crippen LogP contribution in [0, 0.1) is 11.3 Å². The Morgan fingerprint density at radius 1 is 0.923 bits per heavy atom. The van der Waals surface area contributed by atoms with E-state index in [1.165, 1.54) is 0 Å². The fourth-order valence-electron chi connectivity index (χ4n) is 3.69. The van der Waals surface area contributed by atoms with Gasteiger partial charge in [0.05, 0.1) is 10.8 Å². The molecule has 1 aliphatic heterocycles. The molecular formula is C22H14N2OS. The summed E-state index contributed by atoms with van der Waals surface area (Å²) >= 11 is 1.67. The molecule has 2 N–H and O–H groups in total. The third kappa shape index (κ3) is 2.05. The number of hydrogen-bond acceptors (Lipinski definition) is 4. The van der Waals surface area contributed by atoms with Gasteiger partial charge in [-0.3, -0.25) is 0 Å². The molecule has 2 heterocycles. The van der Waals surface area contributed by atoms with Gasteiger partial charge < -0.3 is 10.5 Å². The molecule has 4 heteroatoms. The van der Waals surface area contributed by atoms with Crippen LogP contribution in [0.2, 0.25) is 0 Å². The normalized spacial score (nSPS) is 16.3. The molecule has 4 aromatic rings. The summed E-state index contributed by atoms with van der Waals surface area (Å²) in [6.45, 7) is 0. The quantitative estimate of drug-likeness (QED) is 0.506. The topological polar surface area (TPSA) is 59.0 Å². The minimum Gasteiger partial charge on any atom is -0.439 e. The summed E-state index contributed by atoms with van der Waals surface area (Å²) < 4.78 is 7.03. The lowest BCUT2D eigenvalue weighted by molar-refractivity contribution is 0.402. The third-order valence-electron chi connectivity index (χ3n) is 4.86. The number of allylic oxidation sites excluding steroid dienone is 1. The largest absolute Gasteiger partial charge is 0.439 e. The summed E-state index contributed by atoms with van der Waals surface area (Å²) in [6, 6.07) is 24.8. The number of rotatable bonds is 1. The number of benzene rings is 3. The molecule has 0 radical (unpaired) electrons. The van der Waals surface area contributed by atoms with Gasteiger partial charge in [0.15, 0.2) is 5.75 Å². The van der Waals surface area contributed by atoms with Crippen LogP contribution in [0.4, 0.5) is 0 Å². The fraction of sp³-hybridized carbons (Fsp3) is 0.0455.